The molecule has 0 aliphatic heterocycles. The lowest BCUT2D eigenvalue weighted by atomic mass is 10.1. The summed E-state index contributed by atoms with van der Waals surface area (Å²) in [6.07, 6.45) is 3.23. The molecule has 2 aromatic carbocycles. The van der Waals surface area contributed by atoms with E-state index in [2.05, 4.69) is 0 Å². The Morgan fingerprint density at radius 3 is 2.64 bits per heavy atom. The molecule has 0 aromatic heterocycles. The van der Waals surface area contributed by atoms with Crippen LogP contribution in [0, 0.1) is 0 Å². The van der Waals surface area contributed by atoms with Crippen LogP contribution in [-0.2, 0) is 11.3 Å². The van der Waals surface area contributed by atoms with Gasteiger partial charge in [0.2, 0.25) is 0 Å². The second kappa shape index (κ2) is 7.78. The first-order chi connectivity index (χ1) is 10.7. The highest BCUT2D eigenvalue weighted by Gasteiger charge is 2.08. The number of ketones is 1. The van der Waals surface area contributed by atoms with Crippen LogP contribution in [-0.4, -0.2) is 20.0 Å². The van der Waals surface area contributed by atoms with Gasteiger partial charge in [-0.15, -0.1) is 0 Å². The number of halogens is 1. The highest BCUT2D eigenvalue weighted by molar-refractivity contribution is 6.32. The molecule has 114 valence electrons. The minimum Gasteiger partial charge on any atom is -0.496 e. The fourth-order valence-corrected chi connectivity index (χ4v) is 2.27. The number of rotatable bonds is 6. The van der Waals surface area contributed by atoms with Crippen molar-refractivity contribution >= 4 is 23.5 Å². The summed E-state index contributed by atoms with van der Waals surface area (Å²) in [6.45, 7) is 0.387. The van der Waals surface area contributed by atoms with E-state index in [1.807, 2.05) is 18.2 Å². The molecule has 22 heavy (non-hydrogen) atoms. The van der Waals surface area contributed by atoms with E-state index in [1.165, 1.54) is 6.08 Å². The van der Waals surface area contributed by atoms with Crippen LogP contribution in [0.15, 0.2) is 48.5 Å². The van der Waals surface area contributed by atoms with E-state index in [-0.39, 0.29) is 5.78 Å². The first-order valence-electron chi connectivity index (χ1n) is 6.78. The number of methoxy groups -OCH3 is 2. The zero-order valence-electron chi connectivity index (χ0n) is 12.5. The Labute approximate surface area is 135 Å². The molecule has 0 aliphatic rings. The molecule has 0 bridgehead atoms. The molecular formula is C18H17ClO3. The predicted molar refractivity (Wildman–Crippen MR) is 88.5 cm³/mol. The van der Waals surface area contributed by atoms with Gasteiger partial charge in [0.1, 0.15) is 5.75 Å². The molecule has 4 heteroatoms. The molecule has 0 aliphatic carbocycles. The number of ether oxygens (including phenoxy) is 2. The molecule has 0 amide bonds. The van der Waals surface area contributed by atoms with Gasteiger partial charge < -0.3 is 9.47 Å². The highest BCUT2D eigenvalue weighted by atomic mass is 35.5. The average molecular weight is 317 g/mol. The van der Waals surface area contributed by atoms with Crippen molar-refractivity contribution in [2.75, 3.05) is 14.2 Å². The Balaban J connectivity index is 2.22. The molecule has 0 atom stereocenters. The maximum atomic E-state index is 12.3. The number of carbonyl (C=O) groups is 1. The van der Waals surface area contributed by atoms with Crippen LogP contribution in [0.4, 0.5) is 0 Å². The number of hydrogen-bond acceptors (Lipinski definition) is 3. The van der Waals surface area contributed by atoms with Crippen LogP contribution in [0.1, 0.15) is 21.5 Å². The standard InChI is InChI=1S/C18H17ClO3/c1-21-12-15-11-14(8-10-18(15)22-2)17(20)9-7-13-5-3-4-6-16(13)19/h3-11H,12H2,1-2H3/b9-7+. The minimum atomic E-state index is -0.0973. The molecular weight excluding hydrogens is 300 g/mol. The lowest BCUT2D eigenvalue weighted by Crippen LogP contribution is -1.99. The van der Waals surface area contributed by atoms with Gasteiger partial charge in [-0.05, 0) is 42.0 Å². The first kappa shape index (κ1) is 16.3. The summed E-state index contributed by atoms with van der Waals surface area (Å²) in [5, 5.41) is 0.612. The molecule has 0 spiro atoms. The minimum absolute atomic E-state index is 0.0973. The fraction of sp³-hybridized carbons (Fsp3) is 0.167. The second-order valence-electron chi connectivity index (χ2n) is 4.68. The highest BCUT2D eigenvalue weighted by Crippen LogP contribution is 2.22. The summed E-state index contributed by atoms with van der Waals surface area (Å²) in [7, 11) is 3.19. The lowest BCUT2D eigenvalue weighted by molar-refractivity contribution is 0.104. The SMILES string of the molecule is COCc1cc(C(=O)/C=C/c2ccccc2Cl)ccc1OC. The van der Waals surface area contributed by atoms with E-state index in [1.54, 1.807) is 44.6 Å². The van der Waals surface area contributed by atoms with Crippen molar-refractivity contribution < 1.29 is 14.3 Å². The molecule has 2 rings (SSSR count). The van der Waals surface area contributed by atoms with E-state index < -0.39 is 0 Å². The Morgan fingerprint density at radius 2 is 1.95 bits per heavy atom. The number of carbonyl (C=O) groups excluding carboxylic acids is 1. The van der Waals surface area contributed by atoms with Gasteiger partial charge in [0, 0.05) is 23.3 Å². The Bertz CT molecular complexity index is 692. The Kier molecular flexibility index (Phi) is 5.75. The van der Waals surface area contributed by atoms with Crippen molar-refractivity contribution in [2.24, 2.45) is 0 Å². The van der Waals surface area contributed by atoms with Crippen molar-refractivity contribution in [3.63, 3.8) is 0 Å². The van der Waals surface area contributed by atoms with Crippen LogP contribution in [0.2, 0.25) is 5.02 Å². The van der Waals surface area contributed by atoms with E-state index in [0.717, 1.165) is 11.1 Å². The largest absolute Gasteiger partial charge is 0.496 e. The summed E-state index contributed by atoms with van der Waals surface area (Å²) in [6, 6.07) is 12.7. The Morgan fingerprint density at radius 1 is 1.18 bits per heavy atom. The molecule has 0 unspecified atom stereocenters. The predicted octanol–water partition coefficient (Wildman–Crippen LogP) is 4.39. The van der Waals surface area contributed by atoms with Crippen molar-refractivity contribution in [1.29, 1.82) is 0 Å². The zero-order chi connectivity index (χ0) is 15.9. The third-order valence-corrected chi connectivity index (χ3v) is 3.53. The average Bonchev–Trinajstić information content (AvgIpc) is 2.54. The monoisotopic (exact) mass is 316 g/mol. The van der Waals surface area contributed by atoms with Crippen molar-refractivity contribution in [3.8, 4) is 5.75 Å². The Hall–Kier alpha value is -2.10. The molecule has 0 N–H and O–H groups in total. The van der Waals surface area contributed by atoms with Gasteiger partial charge in [0.25, 0.3) is 0 Å². The summed E-state index contributed by atoms with van der Waals surface area (Å²) < 4.78 is 10.4. The molecule has 0 saturated carbocycles. The third kappa shape index (κ3) is 3.97. The van der Waals surface area contributed by atoms with Gasteiger partial charge in [-0.2, -0.15) is 0 Å². The van der Waals surface area contributed by atoms with Crippen LogP contribution < -0.4 is 4.74 Å². The number of hydrogen-bond donors (Lipinski definition) is 0. The van der Waals surface area contributed by atoms with Crippen molar-refractivity contribution in [3.05, 3.63) is 70.3 Å². The number of allylic oxidation sites excluding steroid dienone is 1. The maximum Gasteiger partial charge on any atom is 0.185 e. The van der Waals surface area contributed by atoms with Gasteiger partial charge in [-0.25, -0.2) is 0 Å². The fourth-order valence-electron chi connectivity index (χ4n) is 2.07. The van der Waals surface area contributed by atoms with Crippen molar-refractivity contribution in [1.82, 2.24) is 0 Å². The maximum absolute atomic E-state index is 12.3. The quantitative estimate of drug-likeness (QED) is 0.585. The van der Waals surface area contributed by atoms with Crippen LogP contribution >= 0.6 is 11.6 Å². The van der Waals surface area contributed by atoms with Crippen molar-refractivity contribution in [2.45, 2.75) is 6.61 Å². The molecule has 0 fully saturated rings. The first-order valence-corrected chi connectivity index (χ1v) is 7.16. The summed E-state index contributed by atoms with van der Waals surface area (Å²) in [5.74, 6) is 0.605. The molecule has 0 heterocycles. The topological polar surface area (TPSA) is 35.5 Å². The van der Waals surface area contributed by atoms with E-state index >= 15 is 0 Å². The van der Waals surface area contributed by atoms with E-state index in [0.29, 0.717) is 22.9 Å². The second-order valence-corrected chi connectivity index (χ2v) is 5.09. The van der Waals surface area contributed by atoms with Gasteiger partial charge in [-0.3, -0.25) is 4.79 Å². The third-order valence-electron chi connectivity index (χ3n) is 3.18. The molecule has 0 radical (unpaired) electrons. The van der Waals surface area contributed by atoms with Gasteiger partial charge in [0.05, 0.1) is 13.7 Å². The normalized spacial score (nSPS) is 10.9. The zero-order valence-corrected chi connectivity index (χ0v) is 13.3. The lowest BCUT2D eigenvalue weighted by Gasteiger charge is -2.08. The summed E-state index contributed by atoms with van der Waals surface area (Å²) >= 11 is 6.06. The molecule has 3 nitrogen and oxygen atoms in total. The summed E-state index contributed by atoms with van der Waals surface area (Å²) in [4.78, 5) is 12.3. The number of benzene rings is 2. The molecule has 0 saturated heterocycles. The summed E-state index contributed by atoms with van der Waals surface area (Å²) in [5.41, 5.74) is 2.22. The van der Waals surface area contributed by atoms with Gasteiger partial charge >= 0.3 is 0 Å². The van der Waals surface area contributed by atoms with Crippen LogP contribution in [0.5, 0.6) is 5.75 Å². The van der Waals surface area contributed by atoms with Crippen LogP contribution in [0.3, 0.4) is 0 Å². The van der Waals surface area contributed by atoms with Gasteiger partial charge in [-0.1, -0.05) is 29.8 Å². The van der Waals surface area contributed by atoms with E-state index in [4.69, 9.17) is 21.1 Å². The van der Waals surface area contributed by atoms with E-state index in [9.17, 15) is 4.79 Å². The molecule has 2 aromatic rings. The smallest absolute Gasteiger partial charge is 0.185 e. The van der Waals surface area contributed by atoms with Crippen LogP contribution in [0.25, 0.3) is 6.08 Å². The van der Waals surface area contributed by atoms with Gasteiger partial charge in [0.15, 0.2) is 5.78 Å².